The second kappa shape index (κ2) is 7.56. The minimum atomic E-state index is -3.75. The van der Waals surface area contributed by atoms with E-state index in [9.17, 15) is 13.2 Å². The van der Waals surface area contributed by atoms with Crippen molar-refractivity contribution in [2.75, 3.05) is 0 Å². The number of amides is 1. The largest absolute Gasteiger partial charge is 0.346 e. The fourth-order valence-electron chi connectivity index (χ4n) is 2.47. The first-order valence-electron chi connectivity index (χ1n) is 8.14. The molecule has 0 heterocycles. The summed E-state index contributed by atoms with van der Waals surface area (Å²) in [5.41, 5.74) is 1.07. The molecule has 2 N–H and O–H groups in total. The molecule has 5 nitrogen and oxygen atoms in total. The van der Waals surface area contributed by atoms with E-state index < -0.39 is 15.9 Å². The topological polar surface area (TPSA) is 75.3 Å². The highest BCUT2D eigenvalue weighted by molar-refractivity contribution is 7.89. The number of hydrogen-bond acceptors (Lipinski definition) is 3. The van der Waals surface area contributed by atoms with Crippen LogP contribution in [-0.2, 0) is 10.0 Å². The first-order chi connectivity index (χ1) is 12.3. The number of carbonyl (C=O) groups is 1. The van der Waals surface area contributed by atoms with E-state index in [0.717, 1.165) is 18.4 Å². The molecule has 138 valence electrons. The first kappa shape index (κ1) is 19.2. The van der Waals surface area contributed by atoms with Crippen molar-refractivity contribution >= 4 is 39.1 Å². The van der Waals surface area contributed by atoms with Crippen LogP contribution in [0.5, 0.6) is 0 Å². The number of carbonyl (C=O) groups excluding carboxylic acids is 1. The van der Waals surface area contributed by atoms with Crippen LogP contribution in [0.25, 0.3) is 0 Å². The maximum Gasteiger partial charge on any atom is 0.251 e. The third kappa shape index (κ3) is 4.57. The normalized spacial score (nSPS) is 15.5. The van der Waals surface area contributed by atoms with Crippen molar-refractivity contribution in [1.82, 2.24) is 10.0 Å². The number of nitrogens with one attached hydrogen (secondary N) is 2. The summed E-state index contributed by atoms with van der Waals surface area (Å²) in [5, 5.41) is 3.49. The van der Waals surface area contributed by atoms with Crippen molar-refractivity contribution in [2.24, 2.45) is 0 Å². The molecule has 1 atom stereocenters. The van der Waals surface area contributed by atoms with Crippen molar-refractivity contribution in [2.45, 2.75) is 36.7 Å². The Morgan fingerprint density at radius 2 is 1.88 bits per heavy atom. The minimum absolute atomic E-state index is 0.0450. The molecule has 0 spiro atoms. The Morgan fingerprint density at radius 1 is 1.15 bits per heavy atom. The van der Waals surface area contributed by atoms with Gasteiger partial charge in [0.25, 0.3) is 5.91 Å². The molecule has 0 bridgehead atoms. The molecule has 1 aliphatic rings. The maximum absolute atomic E-state index is 12.5. The van der Waals surface area contributed by atoms with E-state index >= 15 is 0 Å². The van der Waals surface area contributed by atoms with Crippen molar-refractivity contribution in [3.8, 4) is 0 Å². The average molecular weight is 413 g/mol. The van der Waals surface area contributed by atoms with Gasteiger partial charge < -0.3 is 5.32 Å². The van der Waals surface area contributed by atoms with E-state index in [1.807, 2.05) is 13.0 Å². The van der Waals surface area contributed by atoms with Crippen LogP contribution in [0.15, 0.2) is 47.4 Å². The quantitative estimate of drug-likeness (QED) is 0.754. The van der Waals surface area contributed by atoms with Gasteiger partial charge in [0, 0.05) is 16.6 Å². The summed E-state index contributed by atoms with van der Waals surface area (Å²) in [6, 6.07) is 11.1. The van der Waals surface area contributed by atoms with E-state index in [-0.39, 0.29) is 27.6 Å². The Morgan fingerprint density at radius 3 is 2.54 bits per heavy atom. The summed E-state index contributed by atoms with van der Waals surface area (Å²) < 4.78 is 27.4. The fraction of sp³-hybridized carbons (Fsp3) is 0.278. The molecule has 3 rings (SSSR count). The van der Waals surface area contributed by atoms with Crippen molar-refractivity contribution < 1.29 is 13.2 Å². The zero-order chi connectivity index (χ0) is 18.9. The molecule has 1 amide bonds. The smallest absolute Gasteiger partial charge is 0.251 e. The Balaban J connectivity index is 1.80. The zero-order valence-corrected chi connectivity index (χ0v) is 16.3. The van der Waals surface area contributed by atoms with Gasteiger partial charge in [-0.25, -0.2) is 13.1 Å². The van der Waals surface area contributed by atoms with E-state index in [1.54, 1.807) is 18.2 Å². The second-order valence-electron chi connectivity index (χ2n) is 6.29. The standard InChI is InChI=1S/C18H18Cl2N2O3S/c1-11(12-3-2-4-14(19)9-12)21-18(23)13-5-8-16(20)17(10-13)26(24,25)22-15-6-7-15/h2-5,8-11,15,22H,6-7H2,1H3,(H,21,23)/t11-/m0/s1. The molecule has 1 fully saturated rings. The average Bonchev–Trinajstić information content (AvgIpc) is 3.38. The van der Waals surface area contributed by atoms with Crippen molar-refractivity contribution in [1.29, 1.82) is 0 Å². The molecular weight excluding hydrogens is 395 g/mol. The van der Waals surface area contributed by atoms with Gasteiger partial charge in [0.15, 0.2) is 0 Å². The summed E-state index contributed by atoms with van der Waals surface area (Å²) in [6.45, 7) is 1.83. The second-order valence-corrected chi connectivity index (χ2v) is 8.82. The Kier molecular flexibility index (Phi) is 5.58. The predicted octanol–water partition coefficient (Wildman–Crippen LogP) is 3.93. The van der Waals surface area contributed by atoms with Crippen molar-refractivity contribution in [3.05, 3.63) is 63.6 Å². The van der Waals surface area contributed by atoms with Gasteiger partial charge in [-0.2, -0.15) is 0 Å². The lowest BCUT2D eigenvalue weighted by Gasteiger charge is -2.15. The first-order valence-corrected chi connectivity index (χ1v) is 10.4. The number of sulfonamides is 1. The fourth-order valence-corrected chi connectivity index (χ4v) is 4.50. The molecule has 0 unspecified atom stereocenters. The van der Waals surface area contributed by atoms with E-state index in [2.05, 4.69) is 10.0 Å². The van der Waals surface area contributed by atoms with Crippen LogP contribution in [0, 0.1) is 0 Å². The third-order valence-electron chi connectivity index (χ3n) is 4.08. The lowest BCUT2D eigenvalue weighted by Crippen LogP contribution is -2.28. The number of rotatable bonds is 6. The molecular formula is C18H18Cl2N2O3S. The molecule has 0 aromatic heterocycles. The van der Waals surface area contributed by atoms with Crippen LogP contribution < -0.4 is 10.0 Å². The van der Waals surface area contributed by atoms with Gasteiger partial charge >= 0.3 is 0 Å². The summed E-state index contributed by atoms with van der Waals surface area (Å²) in [4.78, 5) is 12.4. The van der Waals surface area contributed by atoms with Gasteiger partial charge in [0.1, 0.15) is 4.90 Å². The maximum atomic E-state index is 12.5. The molecule has 8 heteroatoms. The van der Waals surface area contributed by atoms with Gasteiger partial charge in [-0.1, -0.05) is 35.3 Å². The number of hydrogen-bond donors (Lipinski definition) is 2. The number of halogens is 2. The van der Waals surface area contributed by atoms with E-state index in [0.29, 0.717) is 5.02 Å². The van der Waals surface area contributed by atoms with Gasteiger partial charge in [-0.05, 0) is 55.7 Å². The summed E-state index contributed by atoms with van der Waals surface area (Å²) >= 11 is 12.0. The van der Waals surface area contributed by atoms with E-state index in [4.69, 9.17) is 23.2 Å². The molecule has 0 saturated heterocycles. The molecule has 1 aliphatic carbocycles. The lowest BCUT2D eigenvalue weighted by molar-refractivity contribution is 0.0939. The van der Waals surface area contributed by atoms with Crippen LogP contribution in [0.3, 0.4) is 0 Å². The predicted molar refractivity (Wildman–Crippen MR) is 102 cm³/mol. The van der Waals surface area contributed by atoms with Crippen molar-refractivity contribution in [3.63, 3.8) is 0 Å². The highest BCUT2D eigenvalue weighted by Gasteiger charge is 2.29. The summed E-state index contributed by atoms with van der Waals surface area (Å²) in [7, 11) is -3.75. The molecule has 2 aromatic carbocycles. The van der Waals surface area contributed by atoms with Gasteiger partial charge in [0.2, 0.25) is 10.0 Å². The molecule has 26 heavy (non-hydrogen) atoms. The van der Waals surface area contributed by atoms with Gasteiger partial charge in [-0.15, -0.1) is 0 Å². The molecule has 2 aromatic rings. The minimum Gasteiger partial charge on any atom is -0.346 e. The highest BCUT2D eigenvalue weighted by atomic mass is 35.5. The monoisotopic (exact) mass is 412 g/mol. The van der Waals surface area contributed by atoms with Crippen LogP contribution in [0.1, 0.15) is 41.7 Å². The summed E-state index contributed by atoms with van der Waals surface area (Å²) in [6.07, 6.45) is 1.63. The Hall–Kier alpha value is -1.60. The van der Waals surface area contributed by atoms with E-state index in [1.165, 1.54) is 18.2 Å². The SMILES string of the molecule is C[C@H](NC(=O)c1ccc(Cl)c(S(=O)(=O)NC2CC2)c1)c1cccc(Cl)c1. The number of benzene rings is 2. The third-order valence-corrected chi connectivity index (χ3v) is 6.32. The zero-order valence-electron chi connectivity index (χ0n) is 14.0. The van der Waals surface area contributed by atoms with Crippen LogP contribution in [-0.4, -0.2) is 20.4 Å². The Bertz CT molecular complexity index is 943. The highest BCUT2D eigenvalue weighted by Crippen LogP contribution is 2.27. The van der Waals surface area contributed by atoms with Gasteiger partial charge in [0.05, 0.1) is 11.1 Å². The van der Waals surface area contributed by atoms with Crippen LogP contribution in [0.4, 0.5) is 0 Å². The molecule has 0 radical (unpaired) electrons. The van der Waals surface area contributed by atoms with Gasteiger partial charge in [-0.3, -0.25) is 4.79 Å². The lowest BCUT2D eigenvalue weighted by atomic mass is 10.1. The Labute approximate surface area is 162 Å². The van der Waals surface area contributed by atoms with Crippen LogP contribution >= 0.6 is 23.2 Å². The molecule has 1 saturated carbocycles. The van der Waals surface area contributed by atoms with Crippen LogP contribution in [0.2, 0.25) is 10.0 Å². The summed E-state index contributed by atoms with van der Waals surface area (Å²) in [5.74, 6) is -0.392. The molecule has 0 aliphatic heterocycles.